The van der Waals surface area contributed by atoms with Gasteiger partial charge in [-0.3, -0.25) is 0 Å². The third-order valence-electron chi connectivity index (χ3n) is 5.66. The maximum absolute atomic E-state index is 3.91. The summed E-state index contributed by atoms with van der Waals surface area (Å²) in [4.78, 5) is 0. The van der Waals surface area contributed by atoms with Crippen molar-refractivity contribution >= 4 is 0 Å². The molecule has 0 bridgehead atoms. The normalized spacial score (nSPS) is 26.1. The fourth-order valence-electron chi connectivity index (χ4n) is 3.30. The minimum Gasteiger partial charge on any atom is -0.308 e. The quantitative estimate of drug-likeness (QED) is 0.561. The second kappa shape index (κ2) is 8.87. The van der Waals surface area contributed by atoms with Crippen molar-refractivity contribution in [1.29, 1.82) is 0 Å². The Balaban J connectivity index is 2.44. The number of hydrogen-bond donors (Lipinski definition) is 1. The molecule has 0 aromatic heterocycles. The predicted octanol–water partition coefficient (Wildman–Crippen LogP) is 5.71. The highest BCUT2D eigenvalue weighted by molar-refractivity contribution is 4.94. The van der Waals surface area contributed by atoms with E-state index in [1.54, 1.807) is 0 Å². The molecule has 0 amide bonds. The van der Waals surface area contributed by atoms with Crippen LogP contribution in [0.25, 0.3) is 0 Å². The van der Waals surface area contributed by atoms with Gasteiger partial charge in [-0.1, -0.05) is 52.7 Å². The second-order valence-electron chi connectivity index (χ2n) is 7.31. The Morgan fingerprint density at radius 3 is 2.25 bits per heavy atom. The molecular weight excluding hydrogens is 242 g/mol. The Labute approximate surface area is 127 Å². The van der Waals surface area contributed by atoms with E-state index in [9.17, 15) is 0 Å². The van der Waals surface area contributed by atoms with Crippen LogP contribution in [-0.4, -0.2) is 12.1 Å². The van der Waals surface area contributed by atoms with E-state index in [-0.39, 0.29) is 0 Å². The summed E-state index contributed by atoms with van der Waals surface area (Å²) in [5.41, 5.74) is 0.530. The Kier molecular flexibility index (Phi) is 7.87. The molecule has 1 N–H and O–H groups in total. The average molecular weight is 280 g/mol. The monoisotopic (exact) mass is 279 g/mol. The summed E-state index contributed by atoms with van der Waals surface area (Å²) in [5.74, 6) is 0.941. The van der Waals surface area contributed by atoms with Crippen LogP contribution in [0.4, 0.5) is 0 Å². The second-order valence-corrected chi connectivity index (χ2v) is 7.31. The molecule has 1 aliphatic carbocycles. The van der Waals surface area contributed by atoms with E-state index in [4.69, 9.17) is 0 Å². The highest BCUT2D eigenvalue weighted by atomic mass is 14.9. The summed E-state index contributed by atoms with van der Waals surface area (Å²) in [7, 11) is 0. The summed E-state index contributed by atoms with van der Waals surface area (Å²) >= 11 is 0. The molecule has 1 atom stereocenters. The van der Waals surface area contributed by atoms with Gasteiger partial charge in [0.05, 0.1) is 0 Å². The van der Waals surface area contributed by atoms with E-state index < -0.39 is 0 Å². The van der Waals surface area contributed by atoms with Gasteiger partial charge in [-0.2, -0.15) is 0 Å². The molecule has 1 fully saturated rings. The van der Waals surface area contributed by atoms with Gasteiger partial charge in [0.25, 0.3) is 0 Å². The van der Waals surface area contributed by atoms with Crippen LogP contribution in [0.2, 0.25) is 0 Å². The third kappa shape index (κ3) is 5.99. The molecule has 0 radical (unpaired) electrons. The van der Waals surface area contributed by atoms with E-state index >= 15 is 0 Å². The van der Waals surface area contributed by atoms with Gasteiger partial charge in [0.2, 0.25) is 0 Å². The lowest BCUT2D eigenvalue weighted by molar-refractivity contribution is 0.242. The van der Waals surface area contributed by atoms with E-state index in [1.165, 1.54) is 51.4 Å². The van der Waals surface area contributed by atoms with Crippen molar-refractivity contribution in [3.05, 3.63) is 12.2 Å². The van der Waals surface area contributed by atoms with Crippen molar-refractivity contribution < 1.29 is 0 Å². The SMILES string of the molecule is C/C=C\C(CCC(C)(CC)CC)NC1CCC(C)CC1. The van der Waals surface area contributed by atoms with Crippen molar-refractivity contribution in [3.63, 3.8) is 0 Å². The molecule has 1 aliphatic rings. The van der Waals surface area contributed by atoms with Crippen molar-refractivity contribution in [2.24, 2.45) is 11.3 Å². The van der Waals surface area contributed by atoms with Crippen molar-refractivity contribution in [3.8, 4) is 0 Å². The largest absolute Gasteiger partial charge is 0.308 e. The average Bonchev–Trinajstić information content (AvgIpc) is 2.47. The van der Waals surface area contributed by atoms with E-state index in [0.717, 1.165) is 12.0 Å². The zero-order valence-corrected chi connectivity index (χ0v) is 14.5. The van der Waals surface area contributed by atoms with E-state index in [2.05, 4.69) is 52.1 Å². The molecular formula is C19H37N. The fraction of sp³-hybridized carbons (Fsp3) is 0.895. The molecule has 0 spiro atoms. The van der Waals surface area contributed by atoms with Crippen molar-refractivity contribution in [1.82, 2.24) is 5.32 Å². The van der Waals surface area contributed by atoms with Gasteiger partial charge in [-0.15, -0.1) is 0 Å². The molecule has 1 unspecified atom stereocenters. The predicted molar refractivity (Wildman–Crippen MR) is 91.1 cm³/mol. The number of nitrogens with one attached hydrogen (secondary N) is 1. The van der Waals surface area contributed by atoms with Crippen LogP contribution in [0.1, 0.15) is 86.0 Å². The van der Waals surface area contributed by atoms with Gasteiger partial charge in [0.1, 0.15) is 0 Å². The van der Waals surface area contributed by atoms with Crippen LogP contribution >= 0.6 is 0 Å². The van der Waals surface area contributed by atoms with E-state index in [0.29, 0.717) is 11.5 Å². The van der Waals surface area contributed by atoms with Gasteiger partial charge in [0.15, 0.2) is 0 Å². The molecule has 0 aliphatic heterocycles. The zero-order chi connectivity index (χ0) is 15.0. The minimum absolute atomic E-state index is 0.530. The van der Waals surface area contributed by atoms with Gasteiger partial charge in [-0.25, -0.2) is 0 Å². The van der Waals surface area contributed by atoms with Crippen molar-refractivity contribution in [2.45, 2.75) is 98.1 Å². The highest BCUT2D eigenvalue weighted by Gasteiger charge is 2.23. The van der Waals surface area contributed by atoms with Crippen LogP contribution in [-0.2, 0) is 0 Å². The minimum atomic E-state index is 0.530. The molecule has 20 heavy (non-hydrogen) atoms. The molecule has 0 heterocycles. The van der Waals surface area contributed by atoms with Crippen molar-refractivity contribution in [2.75, 3.05) is 0 Å². The topological polar surface area (TPSA) is 12.0 Å². The summed E-state index contributed by atoms with van der Waals surface area (Å²) in [6.07, 6.45) is 15.4. The molecule has 1 rings (SSSR count). The summed E-state index contributed by atoms with van der Waals surface area (Å²) in [6, 6.07) is 1.33. The number of hydrogen-bond acceptors (Lipinski definition) is 1. The fourth-order valence-corrected chi connectivity index (χ4v) is 3.30. The lowest BCUT2D eigenvalue weighted by atomic mass is 9.79. The Morgan fingerprint density at radius 2 is 1.75 bits per heavy atom. The molecule has 0 aromatic carbocycles. The first kappa shape index (κ1) is 17.8. The maximum atomic E-state index is 3.91. The maximum Gasteiger partial charge on any atom is 0.0252 e. The lowest BCUT2D eigenvalue weighted by Crippen LogP contribution is -2.40. The number of allylic oxidation sites excluding steroid dienone is 1. The molecule has 118 valence electrons. The third-order valence-corrected chi connectivity index (χ3v) is 5.66. The van der Waals surface area contributed by atoms with Crippen LogP contribution < -0.4 is 5.32 Å². The molecule has 0 aromatic rings. The highest BCUT2D eigenvalue weighted by Crippen LogP contribution is 2.32. The number of rotatable bonds is 8. The van der Waals surface area contributed by atoms with Gasteiger partial charge in [-0.05, 0) is 56.8 Å². The Hall–Kier alpha value is -0.300. The van der Waals surface area contributed by atoms with Gasteiger partial charge >= 0.3 is 0 Å². The van der Waals surface area contributed by atoms with Crippen LogP contribution in [0, 0.1) is 11.3 Å². The summed E-state index contributed by atoms with van der Waals surface area (Å²) in [5, 5.41) is 3.91. The zero-order valence-electron chi connectivity index (χ0n) is 14.5. The first-order valence-electron chi connectivity index (χ1n) is 8.91. The molecule has 1 saturated carbocycles. The molecule has 1 nitrogen and oxygen atoms in total. The Bertz CT molecular complexity index is 269. The molecule has 1 heteroatoms. The standard InChI is InChI=1S/C19H37N/c1-6-9-17(14-15-19(5,7-2)8-3)20-18-12-10-16(4)11-13-18/h6,9,16-18,20H,7-8,10-15H2,1-5H3/b9-6-. The molecule has 0 saturated heterocycles. The summed E-state index contributed by atoms with van der Waals surface area (Å²) < 4.78 is 0. The van der Waals surface area contributed by atoms with Crippen LogP contribution in [0.5, 0.6) is 0 Å². The first-order chi connectivity index (χ1) is 9.53. The first-order valence-corrected chi connectivity index (χ1v) is 8.91. The van der Waals surface area contributed by atoms with Crippen LogP contribution in [0.15, 0.2) is 12.2 Å². The van der Waals surface area contributed by atoms with E-state index in [1.807, 2.05) is 0 Å². The van der Waals surface area contributed by atoms with Crippen LogP contribution in [0.3, 0.4) is 0 Å². The Morgan fingerprint density at radius 1 is 1.15 bits per heavy atom. The van der Waals surface area contributed by atoms with Gasteiger partial charge < -0.3 is 5.32 Å². The smallest absolute Gasteiger partial charge is 0.0252 e. The van der Waals surface area contributed by atoms with Gasteiger partial charge in [0, 0.05) is 12.1 Å². The summed E-state index contributed by atoms with van der Waals surface area (Å²) in [6.45, 7) is 11.7. The lowest BCUT2D eigenvalue weighted by Gasteiger charge is -2.32.